The first-order valence-electron chi connectivity index (χ1n) is 9.72. The van der Waals surface area contributed by atoms with Crippen molar-refractivity contribution in [1.29, 1.82) is 0 Å². The van der Waals surface area contributed by atoms with Gasteiger partial charge >= 0.3 is 17.9 Å². The zero-order chi connectivity index (χ0) is 24.7. The highest BCUT2D eigenvalue weighted by Crippen LogP contribution is 2.03. The van der Waals surface area contributed by atoms with E-state index in [1.807, 2.05) is 43.3 Å². The maximum absolute atomic E-state index is 10.2. The highest BCUT2D eigenvalue weighted by molar-refractivity contribution is 5.86. The van der Waals surface area contributed by atoms with Crippen molar-refractivity contribution in [3.05, 3.63) is 79.4 Å². The number of esters is 2. The van der Waals surface area contributed by atoms with E-state index in [-0.39, 0.29) is 11.9 Å². The SMILES string of the molecule is C=C(C)C(=O)OC.C=C(CCCC)C(=O)O.C=CC(=O)OCC.C=Cc1ccccc1. The number of carbonyl (C=O) groups excluding carboxylic acids is 2. The number of carboxylic acid groups (broad SMARTS) is 1. The van der Waals surface area contributed by atoms with Gasteiger partial charge in [-0.1, -0.05) is 76.1 Å². The van der Waals surface area contributed by atoms with E-state index in [4.69, 9.17) is 5.11 Å². The van der Waals surface area contributed by atoms with E-state index in [0.29, 0.717) is 24.2 Å². The summed E-state index contributed by atoms with van der Waals surface area (Å²) < 4.78 is 8.71. The van der Waals surface area contributed by atoms with Crippen molar-refractivity contribution in [2.75, 3.05) is 13.7 Å². The normalized spacial score (nSPS) is 8.26. The average molecular weight is 433 g/mol. The number of aliphatic carboxylic acids is 1. The summed E-state index contributed by atoms with van der Waals surface area (Å²) in [6.45, 7) is 19.4. The molecule has 0 atom stereocenters. The van der Waals surface area contributed by atoms with Crippen LogP contribution in [0.4, 0.5) is 0 Å². The lowest BCUT2D eigenvalue weighted by Gasteiger charge is -1.95. The van der Waals surface area contributed by atoms with Crippen LogP contribution in [-0.4, -0.2) is 36.7 Å². The van der Waals surface area contributed by atoms with Gasteiger partial charge in [-0.25, -0.2) is 14.4 Å². The first-order valence-corrected chi connectivity index (χ1v) is 9.72. The van der Waals surface area contributed by atoms with Crippen LogP contribution in [0.1, 0.15) is 45.6 Å². The molecule has 0 amide bonds. The average Bonchev–Trinajstić information content (AvgIpc) is 2.78. The number of methoxy groups -OCH3 is 1. The molecule has 0 saturated heterocycles. The second kappa shape index (κ2) is 22.9. The molecule has 0 heterocycles. The van der Waals surface area contributed by atoms with Crippen LogP contribution in [0.3, 0.4) is 0 Å². The number of ether oxygens (including phenoxy) is 2. The fourth-order valence-corrected chi connectivity index (χ4v) is 1.46. The molecule has 0 aromatic heterocycles. The summed E-state index contributed by atoms with van der Waals surface area (Å²) in [5, 5.41) is 8.31. The van der Waals surface area contributed by atoms with Gasteiger partial charge in [0.1, 0.15) is 0 Å². The standard InChI is InChI=1S/C8H8.C7H12O2.2C5H8O2/c1-2-8-6-4-3-5-7-8;1-3-4-5-6(2)7(8)9;1-4(2)5(6)7-3;1-3-5(6)7-4-2/h2-7H,1H2;2-5H2,1H3,(H,8,9);1H2,2-3H3;3H,1,4H2,2H3. The number of hydrogen-bond donors (Lipinski definition) is 1. The smallest absolute Gasteiger partial charge is 0.332 e. The van der Waals surface area contributed by atoms with Gasteiger partial charge in [0.15, 0.2) is 0 Å². The Morgan fingerprint density at radius 3 is 1.84 bits per heavy atom. The van der Waals surface area contributed by atoms with E-state index in [1.165, 1.54) is 12.7 Å². The molecule has 0 unspecified atom stereocenters. The molecule has 0 fully saturated rings. The molecule has 0 aliphatic heterocycles. The Labute approximate surface area is 186 Å². The molecule has 0 radical (unpaired) electrons. The van der Waals surface area contributed by atoms with Gasteiger partial charge in [-0.15, -0.1) is 0 Å². The lowest BCUT2D eigenvalue weighted by atomic mass is 10.1. The Hall–Kier alpha value is -3.41. The zero-order valence-corrected chi connectivity index (χ0v) is 19.2. The Kier molecular flexibility index (Phi) is 23.8. The number of benzene rings is 1. The summed E-state index contributed by atoms with van der Waals surface area (Å²) in [5.41, 5.74) is 1.92. The largest absolute Gasteiger partial charge is 0.478 e. The van der Waals surface area contributed by atoms with Crippen LogP contribution in [0.5, 0.6) is 0 Å². The predicted molar refractivity (Wildman–Crippen MR) is 126 cm³/mol. The second-order valence-electron chi connectivity index (χ2n) is 5.86. The molecule has 1 N–H and O–H groups in total. The van der Waals surface area contributed by atoms with Gasteiger partial charge in [-0.3, -0.25) is 0 Å². The van der Waals surface area contributed by atoms with Gasteiger partial charge in [-0.05, 0) is 32.3 Å². The van der Waals surface area contributed by atoms with E-state index in [0.717, 1.165) is 18.9 Å². The van der Waals surface area contributed by atoms with E-state index in [1.54, 1.807) is 13.8 Å². The molecule has 1 aromatic carbocycles. The molecule has 31 heavy (non-hydrogen) atoms. The maximum Gasteiger partial charge on any atom is 0.332 e. The first-order chi connectivity index (χ1) is 14.6. The predicted octanol–water partition coefficient (Wildman–Crippen LogP) is 5.62. The lowest BCUT2D eigenvalue weighted by molar-refractivity contribution is -0.137. The number of carboxylic acids is 1. The molecule has 0 aliphatic carbocycles. The molecule has 0 saturated carbocycles. The van der Waals surface area contributed by atoms with E-state index >= 15 is 0 Å². The minimum atomic E-state index is -0.872. The summed E-state index contributed by atoms with van der Waals surface area (Å²) in [7, 11) is 1.33. The molecule has 0 spiro atoms. The summed E-state index contributed by atoms with van der Waals surface area (Å²) >= 11 is 0. The summed E-state index contributed by atoms with van der Waals surface area (Å²) in [5.74, 6) is -1.58. The van der Waals surface area contributed by atoms with Gasteiger partial charge in [0.05, 0.1) is 13.7 Å². The lowest BCUT2D eigenvalue weighted by Crippen LogP contribution is -1.98. The summed E-state index contributed by atoms with van der Waals surface area (Å²) in [6, 6.07) is 10.0. The van der Waals surface area contributed by atoms with Crippen LogP contribution in [0, 0.1) is 0 Å². The first kappa shape index (κ1) is 32.3. The third kappa shape index (κ3) is 24.6. The Bertz CT molecular complexity index is 687. The van der Waals surface area contributed by atoms with Crippen LogP contribution in [-0.2, 0) is 23.9 Å². The van der Waals surface area contributed by atoms with Crippen molar-refractivity contribution in [3.63, 3.8) is 0 Å². The van der Waals surface area contributed by atoms with Crippen molar-refractivity contribution >= 4 is 24.0 Å². The molecule has 0 aliphatic rings. The van der Waals surface area contributed by atoms with Gasteiger partial charge in [-0.2, -0.15) is 0 Å². The van der Waals surface area contributed by atoms with Gasteiger partial charge in [0.25, 0.3) is 0 Å². The third-order valence-corrected chi connectivity index (χ3v) is 3.16. The van der Waals surface area contributed by atoms with Crippen molar-refractivity contribution < 1.29 is 29.0 Å². The Balaban J connectivity index is -0.000000339. The van der Waals surface area contributed by atoms with E-state index < -0.39 is 5.97 Å². The van der Waals surface area contributed by atoms with Crippen LogP contribution in [0.15, 0.2) is 73.9 Å². The summed E-state index contributed by atoms with van der Waals surface area (Å²) in [6.07, 6.45) is 5.53. The van der Waals surface area contributed by atoms with Crippen LogP contribution < -0.4 is 0 Å². The minimum Gasteiger partial charge on any atom is -0.478 e. The van der Waals surface area contributed by atoms with Gasteiger partial charge < -0.3 is 14.6 Å². The van der Waals surface area contributed by atoms with E-state index in [2.05, 4.69) is 35.8 Å². The number of hydrogen-bond acceptors (Lipinski definition) is 5. The number of rotatable bonds is 8. The molecule has 0 bridgehead atoms. The highest BCUT2D eigenvalue weighted by atomic mass is 16.5. The quantitative estimate of drug-likeness (QED) is 0.424. The molecular weight excluding hydrogens is 396 g/mol. The third-order valence-electron chi connectivity index (χ3n) is 3.16. The second-order valence-corrected chi connectivity index (χ2v) is 5.86. The highest BCUT2D eigenvalue weighted by Gasteiger charge is 2.00. The Morgan fingerprint density at radius 2 is 1.61 bits per heavy atom. The molecule has 1 rings (SSSR count). The van der Waals surface area contributed by atoms with Gasteiger partial charge in [0.2, 0.25) is 0 Å². The fourth-order valence-electron chi connectivity index (χ4n) is 1.46. The van der Waals surface area contributed by atoms with Crippen molar-refractivity contribution in [3.8, 4) is 0 Å². The fraction of sp³-hybridized carbons (Fsp3) is 0.320. The maximum atomic E-state index is 10.2. The van der Waals surface area contributed by atoms with Crippen molar-refractivity contribution in [1.82, 2.24) is 0 Å². The molecule has 6 heteroatoms. The van der Waals surface area contributed by atoms with Crippen LogP contribution in [0.25, 0.3) is 6.08 Å². The van der Waals surface area contributed by atoms with Crippen molar-refractivity contribution in [2.45, 2.75) is 40.0 Å². The van der Waals surface area contributed by atoms with E-state index in [9.17, 15) is 14.4 Å². The Morgan fingerprint density at radius 1 is 1.06 bits per heavy atom. The number of carbonyl (C=O) groups is 3. The zero-order valence-electron chi connectivity index (χ0n) is 19.2. The summed E-state index contributed by atoms with van der Waals surface area (Å²) in [4.78, 5) is 30.4. The topological polar surface area (TPSA) is 89.9 Å². The molecule has 1 aromatic rings. The minimum absolute atomic E-state index is 0.317. The number of unbranched alkanes of at least 4 members (excludes halogenated alkanes) is 1. The van der Waals surface area contributed by atoms with Crippen LogP contribution >= 0.6 is 0 Å². The van der Waals surface area contributed by atoms with Crippen LogP contribution in [0.2, 0.25) is 0 Å². The molecule has 6 nitrogen and oxygen atoms in total. The van der Waals surface area contributed by atoms with Crippen molar-refractivity contribution in [2.24, 2.45) is 0 Å². The monoisotopic (exact) mass is 432 g/mol. The van der Waals surface area contributed by atoms with Gasteiger partial charge in [0, 0.05) is 17.2 Å². The molecular formula is C25H36O6. The molecule has 172 valence electrons.